The van der Waals surface area contributed by atoms with Gasteiger partial charge in [-0.1, -0.05) is 36.4 Å². The number of aromatic nitrogens is 1. The van der Waals surface area contributed by atoms with Gasteiger partial charge in [0.05, 0.1) is 12.4 Å². The lowest BCUT2D eigenvalue weighted by atomic mass is 10.2. The second-order valence-electron chi connectivity index (χ2n) is 4.87. The van der Waals surface area contributed by atoms with Gasteiger partial charge in [-0.3, -0.25) is 4.79 Å². The van der Waals surface area contributed by atoms with Crippen LogP contribution >= 0.6 is 11.8 Å². The molecule has 0 bridgehead atoms. The number of pyridine rings is 1. The lowest BCUT2D eigenvalue weighted by Gasteiger charge is -2.12. The number of hydrogen-bond donors (Lipinski definition) is 1. The minimum absolute atomic E-state index is 0.0387. The molecule has 1 aromatic carbocycles. The third-order valence-corrected chi connectivity index (χ3v) is 4.40. The summed E-state index contributed by atoms with van der Waals surface area (Å²) in [6.45, 7) is 2.40. The van der Waals surface area contributed by atoms with Crippen molar-refractivity contribution < 1.29 is 9.53 Å². The van der Waals surface area contributed by atoms with Gasteiger partial charge in [0.1, 0.15) is 0 Å². The molecule has 1 heterocycles. The maximum atomic E-state index is 12.1. The molecule has 2 rings (SSSR count). The highest BCUT2D eigenvalue weighted by Gasteiger charge is 2.13. The van der Waals surface area contributed by atoms with E-state index in [0.717, 1.165) is 11.3 Å². The molecule has 1 amide bonds. The van der Waals surface area contributed by atoms with Crippen LogP contribution in [-0.2, 0) is 17.1 Å². The number of nitrogens with one attached hydrogen (secondary N) is 1. The number of thioether (sulfide) groups is 1. The Hall–Kier alpha value is -2.01. The zero-order valence-corrected chi connectivity index (χ0v) is 13.6. The third-order valence-electron chi connectivity index (χ3n) is 3.19. The van der Waals surface area contributed by atoms with Gasteiger partial charge in [0.25, 0.3) is 0 Å². The molecular weight excluding hydrogens is 296 g/mol. The lowest BCUT2D eigenvalue weighted by molar-refractivity contribution is -0.120. The maximum Gasteiger partial charge on any atom is 0.233 e. The van der Waals surface area contributed by atoms with E-state index in [4.69, 9.17) is 4.74 Å². The van der Waals surface area contributed by atoms with Crippen LogP contribution in [0.1, 0.15) is 18.1 Å². The van der Waals surface area contributed by atoms with Crippen LogP contribution in [-0.4, -0.2) is 23.3 Å². The van der Waals surface area contributed by atoms with Crippen LogP contribution in [0.3, 0.4) is 0 Å². The molecule has 0 radical (unpaired) electrons. The van der Waals surface area contributed by atoms with Crippen LogP contribution < -0.4 is 10.1 Å². The van der Waals surface area contributed by atoms with Gasteiger partial charge in [-0.25, -0.2) is 4.98 Å². The number of ether oxygens (including phenoxy) is 1. The van der Waals surface area contributed by atoms with Crippen molar-refractivity contribution >= 4 is 17.7 Å². The summed E-state index contributed by atoms with van der Waals surface area (Å²) in [6, 6.07) is 13.8. The number of carbonyl (C=O) groups is 1. The number of hydrogen-bond acceptors (Lipinski definition) is 4. The molecule has 0 aliphatic rings. The Morgan fingerprint density at radius 2 is 2.00 bits per heavy atom. The van der Waals surface area contributed by atoms with E-state index < -0.39 is 0 Å². The Labute approximate surface area is 135 Å². The fourth-order valence-electron chi connectivity index (χ4n) is 1.84. The summed E-state index contributed by atoms with van der Waals surface area (Å²) in [5.41, 5.74) is 2.18. The molecule has 0 unspecified atom stereocenters. The van der Waals surface area contributed by atoms with Gasteiger partial charge in [0.2, 0.25) is 11.8 Å². The first-order valence-corrected chi connectivity index (χ1v) is 8.16. The van der Waals surface area contributed by atoms with E-state index >= 15 is 0 Å². The smallest absolute Gasteiger partial charge is 0.233 e. The number of amides is 1. The largest absolute Gasteiger partial charge is 0.481 e. The number of nitrogens with zero attached hydrogens (tertiary/aromatic N) is 1. The number of carbonyl (C=O) groups excluding carboxylic acids is 1. The Kier molecular flexibility index (Phi) is 6.27. The van der Waals surface area contributed by atoms with Gasteiger partial charge in [0.15, 0.2) is 0 Å². The number of methoxy groups -OCH3 is 1. The highest BCUT2D eigenvalue weighted by molar-refractivity contribution is 7.99. The molecule has 1 N–H and O–H groups in total. The summed E-state index contributed by atoms with van der Waals surface area (Å²) >= 11 is 1.63. The van der Waals surface area contributed by atoms with Gasteiger partial charge < -0.3 is 10.1 Å². The van der Waals surface area contributed by atoms with E-state index in [0.29, 0.717) is 12.4 Å². The summed E-state index contributed by atoms with van der Waals surface area (Å²) in [6.07, 6.45) is 1.71. The highest BCUT2D eigenvalue weighted by atomic mass is 32.2. The van der Waals surface area contributed by atoms with Crippen LogP contribution in [0.4, 0.5) is 0 Å². The van der Waals surface area contributed by atoms with Crippen molar-refractivity contribution in [1.82, 2.24) is 10.3 Å². The van der Waals surface area contributed by atoms with Crippen LogP contribution in [0.5, 0.6) is 5.88 Å². The SMILES string of the molecule is COc1ccc(CNC(=O)[C@@H](C)SCc2ccccc2)cn1. The zero-order chi connectivity index (χ0) is 15.8. The average molecular weight is 316 g/mol. The summed E-state index contributed by atoms with van der Waals surface area (Å²) in [5.74, 6) is 1.44. The van der Waals surface area contributed by atoms with E-state index in [1.54, 1.807) is 31.1 Å². The third kappa shape index (κ3) is 5.07. The molecule has 1 atom stereocenters. The molecule has 22 heavy (non-hydrogen) atoms. The fraction of sp³-hybridized carbons (Fsp3) is 0.294. The Morgan fingerprint density at radius 1 is 1.23 bits per heavy atom. The molecule has 0 fully saturated rings. The van der Waals surface area contributed by atoms with Crippen molar-refractivity contribution in [3.63, 3.8) is 0 Å². The van der Waals surface area contributed by atoms with E-state index in [-0.39, 0.29) is 11.2 Å². The molecule has 1 aromatic heterocycles. The van der Waals surface area contributed by atoms with Gasteiger partial charge in [-0.2, -0.15) is 0 Å². The van der Waals surface area contributed by atoms with Gasteiger partial charge in [0, 0.05) is 24.6 Å². The lowest BCUT2D eigenvalue weighted by Crippen LogP contribution is -2.30. The van der Waals surface area contributed by atoms with Crippen LogP contribution in [0.15, 0.2) is 48.7 Å². The summed E-state index contributed by atoms with van der Waals surface area (Å²) in [4.78, 5) is 16.2. The standard InChI is InChI=1S/C17H20N2O2S/c1-13(22-12-14-6-4-3-5-7-14)17(20)19-11-15-8-9-16(21-2)18-10-15/h3-10,13H,11-12H2,1-2H3,(H,19,20)/t13-/m1/s1. The minimum Gasteiger partial charge on any atom is -0.481 e. The first kappa shape index (κ1) is 16.4. The van der Waals surface area contributed by atoms with Gasteiger partial charge in [-0.15, -0.1) is 11.8 Å². The van der Waals surface area contributed by atoms with Gasteiger partial charge in [-0.05, 0) is 18.1 Å². The molecule has 5 heteroatoms. The quantitative estimate of drug-likeness (QED) is 0.853. The molecule has 0 aliphatic carbocycles. The monoisotopic (exact) mass is 316 g/mol. The van der Waals surface area contributed by atoms with Crippen molar-refractivity contribution in [2.24, 2.45) is 0 Å². The van der Waals surface area contributed by atoms with E-state index in [1.807, 2.05) is 31.2 Å². The molecule has 0 saturated heterocycles. The van der Waals surface area contributed by atoms with Crippen LogP contribution in [0.25, 0.3) is 0 Å². The second-order valence-corrected chi connectivity index (χ2v) is 6.19. The topological polar surface area (TPSA) is 51.2 Å². The first-order valence-electron chi connectivity index (χ1n) is 7.11. The van der Waals surface area contributed by atoms with E-state index in [1.165, 1.54) is 5.56 Å². The summed E-state index contributed by atoms with van der Waals surface area (Å²) in [7, 11) is 1.58. The van der Waals surface area contributed by atoms with E-state index in [2.05, 4.69) is 22.4 Å². The summed E-state index contributed by atoms with van der Waals surface area (Å²) < 4.78 is 5.01. The molecule has 0 aliphatic heterocycles. The van der Waals surface area contributed by atoms with Crippen molar-refractivity contribution in [2.45, 2.75) is 24.5 Å². The normalized spacial score (nSPS) is 11.7. The van der Waals surface area contributed by atoms with Gasteiger partial charge >= 0.3 is 0 Å². The predicted octanol–water partition coefficient (Wildman–Crippen LogP) is 3.03. The maximum absolute atomic E-state index is 12.1. The zero-order valence-electron chi connectivity index (χ0n) is 12.8. The van der Waals surface area contributed by atoms with Crippen molar-refractivity contribution in [2.75, 3.05) is 7.11 Å². The Bertz CT molecular complexity index is 587. The number of benzene rings is 1. The van der Waals surface area contributed by atoms with Crippen molar-refractivity contribution in [3.05, 3.63) is 59.8 Å². The van der Waals surface area contributed by atoms with Crippen LogP contribution in [0.2, 0.25) is 0 Å². The Balaban J connectivity index is 1.76. The molecule has 4 nitrogen and oxygen atoms in total. The molecule has 0 spiro atoms. The Morgan fingerprint density at radius 3 is 2.64 bits per heavy atom. The average Bonchev–Trinajstić information content (AvgIpc) is 2.58. The molecule has 2 aromatic rings. The second kappa shape index (κ2) is 8.44. The fourth-order valence-corrected chi connectivity index (χ4v) is 2.71. The summed E-state index contributed by atoms with van der Waals surface area (Å²) in [5, 5.41) is 2.84. The number of rotatable bonds is 7. The highest BCUT2D eigenvalue weighted by Crippen LogP contribution is 2.17. The molecule has 0 saturated carbocycles. The molecular formula is C17H20N2O2S. The predicted molar refractivity (Wildman–Crippen MR) is 89.8 cm³/mol. The first-order chi connectivity index (χ1) is 10.7. The molecule has 116 valence electrons. The van der Waals surface area contributed by atoms with Crippen LogP contribution in [0, 0.1) is 0 Å². The van der Waals surface area contributed by atoms with Crippen molar-refractivity contribution in [3.8, 4) is 5.88 Å². The van der Waals surface area contributed by atoms with Crippen molar-refractivity contribution in [1.29, 1.82) is 0 Å². The van der Waals surface area contributed by atoms with E-state index in [9.17, 15) is 4.79 Å². The minimum atomic E-state index is -0.0913.